The molecule has 1 amide bonds. The summed E-state index contributed by atoms with van der Waals surface area (Å²) in [6, 6.07) is 12.5. The van der Waals surface area contributed by atoms with Crippen molar-refractivity contribution in [1.29, 1.82) is 0 Å². The van der Waals surface area contributed by atoms with Crippen LogP contribution >= 0.6 is 11.6 Å². The fourth-order valence-electron chi connectivity index (χ4n) is 2.61. The van der Waals surface area contributed by atoms with Gasteiger partial charge in [0, 0.05) is 10.6 Å². The summed E-state index contributed by atoms with van der Waals surface area (Å²) in [5, 5.41) is 0.650. The Morgan fingerprint density at radius 2 is 1.96 bits per heavy atom. The number of benzene rings is 2. The molecule has 0 fully saturated rings. The number of carbonyl (C=O) groups excluding carboxylic acids is 2. The SMILES string of the molecule is CCC1Oc2ccc(C=O)cc2N(Cc2ccc(Cl)cc2)C1=O. The molecule has 0 aromatic heterocycles. The summed E-state index contributed by atoms with van der Waals surface area (Å²) in [4.78, 5) is 25.4. The van der Waals surface area contributed by atoms with Crippen LogP contribution in [0.25, 0.3) is 0 Å². The van der Waals surface area contributed by atoms with Crippen LogP contribution in [-0.2, 0) is 11.3 Å². The number of amides is 1. The van der Waals surface area contributed by atoms with Crippen molar-refractivity contribution in [3.63, 3.8) is 0 Å². The summed E-state index contributed by atoms with van der Waals surface area (Å²) >= 11 is 5.91. The van der Waals surface area contributed by atoms with Crippen molar-refractivity contribution in [1.82, 2.24) is 0 Å². The maximum Gasteiger partial charge on any atom is 0.268 e. The zero-order chi connectivity index (χ0) is 16.4. The van der Waals surface area contributed by atoms with E-state index in [9.17, 15) is 9.59 Å². The van der Waals surface area contributed by atoms with Gasteiger partial charge in [0.2, 0.25) is 0 Å². The van der Waals surface area contributed by atoms with E-state index in [2.05, 4.69) is 0 Å². The summed E-state index contributed by atoms with van der Waals surface area (Å²) in [6.45, 7) is 2.32. The van der Waals surface area contributed by atoms with Crippen molar-refractivity contribution >= 4 is 29.5 Å². The van der Waals surface area contributed by atoms with E-state index in [-0.39, 0.29) is 5.91 Å². The predicted octanol–water partition coefficient (Wildman–Crippen LogP) is 3.86. The minimum atomic E-state index is -0.503. The fourth-order valence-corrected chi connectivity index (χ4v) is 2.73. The first-order valence-corrected chi connectivity index (χ1v) is 7.82. The predicted molar refractivity (Wildman–Crippen MR) is 89.2 cm³/mol. The van der Waals surface area contributed by atoms with Gasteiger partial charge in [0.05, 0.1) is 12.2 Å². The molecule has 1 aliphatic heterocycles. The van der Waals surface area contributed by atoms with Gasteiger partial charge in [0.1, 0.15) is 12.0 Å². The van der Waals surface area contributed by atoms with E-state index in [4.69, 9.17) is 16.3 Å². The molecule has 0 bridgehead atoms. The third-order valence-electron chi connectivity index (χ3n) is 3.85. The highest BCUT2D eigenvalue weighted by molar-refractivity contribution is 6.30. The first-order chi connectivity index (χ1) is 11.1. The summed E-state index contributed by atoms with van der Waals surface area (Å²) in [6.07, 6.45) is 0.846. The molecule has 0 aliphatic carbocycles. The Kier molecular flexibility index (Phi) is 4.35. The van der Waals surface area contributed by atoms with Gasteiger partial charge in [-0.2, -0.15) is 0 Å². The van der Waals surface area contributed by atoms with Gasteiger partial charge >= 0.3 is 0 Å². The average Bonchev–Trinajstić information content (AvgIpc) is 2.58. The number of aldehydes is 1. The minimum absolute atomic E-state index is 0.0991. The zero-order valence-corrected chi connectivity index (χ0v) is 13.4. The average molecular weight is 330 g/mol. The van der Waals surface area contributed by atoms with E-state index in [1.165, 1.54) is 0 Å². The quantitative estimate of drug-likeness (QED) is 0.800. The monoisotopic (exact) mass is 329 g/mol. The minimum Gasteiger partial charge on any atom is -0.478 e. The van der Waals surface area contributed by atoms with E-state index in [1.54, 1.807) is 35.2 Å². The van der Waals surface area contributed by atoms with Crippen LogP contribution in [0.1, 0.15) is 29.3 Å². The molecule has 23 heavy (non-hydrogen) atoms. The third kappa shape index (κ3) is 3.08. The molecule has 0 saturated carbocycles. The highest BCUT2D eigenvalue weighted by Gasteiger charge is 2.33. The molecule has 1 aliphatic rings. The Morgan fingerprint density at radius 3 is 2.61 bits per heavy atom. The van der Waals surface area contributed by atoms with E-state index in [1.807, 2.05) is 19.1 Å². The molecule has 3 rings (SSSR count). The summed E-state index contributed by atoms with van der Waals surface area (Å²) in [5.41, 5.74) is 2.09. The maximum absolute atomic E-state index is 12.7. The Balaban J connectivity index is 2.00. The number of fused-ring (bicyclic) bond motifs is 1. The molecule has 5 heteroatoms. The molecule has 0 spiro atoms. The van der Waals surface area contributed by atoms with Gasteiger partial charge in [-0.3, -0.25) is 9.59 Å². The molecule has 1 atom stereocenters. The second-order valence-corrected chi connectivity index (χ2v) is 5.85. The lowest BCUT2D eigenvalue weighted by atomic mass is 10.1. The van der Waals surface area contributed by atoms with Crippen LogP contribution in [-0.4, -0.2) is 18.3 Å². The first kappa shape index (κ1) is 15.6. The highest BCUT2D eigenvalue weighted by atomic mass is 35.5. The highest BCUT2D eigenvalue weighted by Crippen LogP contribution is 2.36. The lowest BCUT2D eigenvalue weighted by molar-refractivity contribution is -0.126. The largest absolute Gasteiger partial charge is 0.478 e. The Hall–Kier alpha value is -2.33. The number of hydrogen-bond acceptors (Lipinski definition) is 3. The number of anilines is 1. The van der Waals surface area contributed by atoms with Gasteiger partial charge in [0.15, 0.2) is 6.10 Å². The van der Waals surface area contributed by atoms with Gasteiger partial charge in [-0.15, -0.1) is 0 Å². The van der Waals surface area contributed by atoms with Gasteiger partial charge in [-0.25, -0.2) is 0 Å². The topological polar surface area (TPSA) is 46.6 Å². The van der Waals surface area contributed by atoms with Crippen LogP contribution in [0, 0.1) is 0 Å². The van der Waals surface area contributed by atoms with Gasteiger partial charge in [-0.1, -0.05) is 30.7 Å². The van der Waals surface area contributed by atoms with E-state index >= 15 is 0 Å². The number of ether oxygens (including phenoxy) is 1. The molecule has 1 unspecified atom stereocenters. The second-order valence-electron chi connectivity index (χ2n) is 5.41. The van der Waals surface area contributed by atoms with Crippen molar-refractivity contribution < 1.29 is 14.3 Å². The van der Waals surface area contributed by atoms with E-state index < -0.39 is 6.10 Å². The number of hydrogen-bond donors (Lipinski definition) is 0. The fraction of sp³-hybridized carbons (Fsp3) is 0.222. The van der Waals surface area contributed by atoms with Crippen molar-refractivity contribution in [2.75, 3.05) is 4.90 Å². The summed E-state index contributed by atoms with van der Waals surface area (Å²) < 4.78 is 5.75. The van der Waals surface area contributed by atoms with E-state index in [0.717, 1.165) is 11.8 Å². The lowest BCUT2D eigenvalue weighted by Gasteiger charge is -2.34. The number of halogens is 1. The Morgan fingerprint density at radius 1 is 1.22 bits per heavy atom. The second kappa shape index (κ2) is 6.42. The van der Waals surface area contributed by atoms with Crippen LogP contribution in [0.2, 0.25) is 5.02 Å². The molecule has 2 aromatic carbocycles. The van der Waals surface area contributed by atoms with Gasteiger partial charge in [-0.05, 0) is 42.3 Å². The number of nitrogens with zero attached hydrogens (tertiary/aromatic N) is 1. The van der Waals surface area contributed by atoms with Crippen LogP contribution < -0.4 is 9.64 Å². The molecule has 118 valence electrons. The first-order valence-electron chi connectivity index (χ1n) is 7.44. The smallest absolute Gasteiger partial charge is 0.268 e. The molecule has 0 saturated heterocycles. The van der Waals surface area contributed by atoms with Crippen molar-refractivity contribution in [3.05, 3.63) is 58.6 Å². The number of rotatable bonds is 4. The maximum atomic E-state index is 12.7. The Labute approximate surface area is 139 Å². The molecular weight excluding hydrogens is 314 g/mol. The van der Waals surface area contributed by atoms with Crippen LogP contribution in [0.15, 0.2) is 42.5 Å². The Bertz CT molecular complexity index is 742. The van der Waals surface area contributed by atoms with E-state index in [0.29, 0.717) is 35.0 Å². The summed E-state index contributed by atoms with van der Waals surface area (Å²) in [5.74, 6) is 0.522. The zero-order valence-electron chi connectivity index (χ0n) is 12.7. The molecule has 1 heterocycles. The van der Waals surface area contributed by atoms with Gasteiger partial charge in [0.25, 0.3) is 5.91 Å². The molecular formula is C18H16ClNO3. The van der Waals surface area contributed by atoms with Crippen molar-refractivity contribution in [3.8, 4) is 5.75 Å². The van der Waals surface area contributed by atoms with Gasteiger partial charge < -0.3 is 9.64 Å². The molecule has 0 N–H and O–H groups in total. The molecule has 4 nitrogen and oxygen atoms in total. The normalized spacial score (nSPS) is 16.7. The third-order valence-corrected chi connectivity index (χ3v) is 4.10. The van der Waals surface area contributed by atoms with Crippen LogP contribution in [0.5, 0.6) is 5.75 Å². The van der Waals surface area contributed by atoms with Crippen LogP contribution in [0.4, 0.5) is 5.69 Å². The standard InChI is InChI=1S/C18H16ClNO3/c1-2-16-18(22)20(10-12-3-6-14(19)7-4-12)15-9-13(11-21)5-8-17(15)23-16/h3-9,11,16H,2,10H2,1H3. The molecule has 2 aromatic rings. The van der Waals surface area contributed by atoms with Crippen LogP contribution in [0.3, 0.4) is 0 Å². The number of carbonyl (C=O) groups is 2. The van der Waals surface area contributed by atoms with Crippen molar-refractivity contribution in [2.45, 2.75) is 26.0 Å². The summed E-state index contributed by atoms with van der Waals surface area (Å²) in [7, 11) is 0. The molecule has 0 radical (unpaired) electrons. The van der Waals surface area contributed by atoms with Crippen molar-refractivity contribution in [2.24, 2.45) is 0 Å². The lowest BCUT2D eigenvalue weighted by Crippen LogP contribution is -2.45.